The lowest BCUT2D eigenvalue weighted by Crippen LogP contribution is -2.38. The Labute approximate surface area is 154 Å². The Morgan fingerprint density at radius 1 is 1.33 bits per heavy atom. The maximum absolute atomic E-state index is 14.0. The molecule has 4 rings (SSSR count). The number of rotatable bonds is 3. The molecule has 8 heteroatoms. The van der Waals surface area contributed by atoms with Crippen LogP contribution < -0.4 is 10.9 Å². The SMILES string of the molecule is Cc1ccc(F)c2cc(C(=O)N[C@@H]3CCC[C@H](c4ncc(=O)[nH]n4)C3)[nH]c12. The van der Waals surface area contributed by atoms with Gasteiger partial charge in [0.2, 0.25) is 0 Å². The van der Waals surface area contributed by atoms with E-state index in [-0.39, 0.29) is 29.2 Å². The number of fused-ring (bicyclic) bond motifs is 1. The van der Waals surface area contributed by atoms with Crippen LogP contribution in [-0.4, -0.2) is 32.1 Å². The molecule has 0 unspecified atom stereocenters. The number of carbonyl (C=O) groups excluding carboxylic acids is 1. The average Bonchev–Trinajstić information content (AvgIpc) is 3.13. The van der Waals surface area contributed by atoms with E-state index >= 15 is 0 Å². The lowest BCUT2D eigenvalue weighted by molar-refractivity contribution is 0.0920. The van der Waals surface area contributed by atoms with Crippen molar-refractivity contribution in [3.8, 4) is 0 Å². The summed E-state index contributed by atoms with van der Waals surface area (Å²) in [6.45, 7) is 1.87. The zero-order valence-corrected chi connectivity index (χ0v) is 14.9. The van der Waals surface area contributed by atoms with Gasteiger partial charge in [-0.1, -0.05) is 12.5 Å². The van der Waals surface area contributed by atoms with E-state index in [4.69, 9.17) is 0 Å². The second-order valence-electron chi connectivity index (χ2n) is 7.07. The number of hydrogen-bond donors (Lipinski definition) is 3. The van der Waals surface area contributed by atoms with E-state index in [0.29, 0.717) is 28.8 Å². The van der Waals surface area contributed by atoms with Crippen molar-refractivity contribution in [3.05, 3.63) is 57.6 Å². The number of nitrogens with zero attached hydrogens (tertiary/aromatic N) is 2. The topological polar surface area (TPSA) is 104 Å². The molecule has 0 aliphatic heterocycles. The molecular weight excluding hydrogens is 349 g/mol. The van der Waals surface area contributed by atoms with Gasteiger partial charge in [-0.15, -0.1) is 0 Å². The van der Waals surface area contributed by atoms with Gasteiger partial charge in [-0.3, -0.25) is 9.59 Å². The van der Waals surface area contributed by atoms with E-state index in [1.54, 1.807) is 12.1 Å². The molecular formula is C19H20FN5O2. The summed E-state index contributed by atoms with van der Waals surface area (Å²) in [4.78, 5) is 30.9. The molecule has 0 bridgehead atoms. The summed E-state index contributed by atoms with van der Waals surface area (Å²) >= 11 is 0. The molecule has 3 N–H and O–H groups in total. The molecule has 1 saturated carbocycles. The number of aryl methyl sites for hydroxylation is 1. The Hall–Kier alpha value is -3.03. The first-order chi connectivity index (χ1) is 13.0. The smallest absolute Gasteiger partial charge is 0.282 e. The van der Waals surface area contributed by atoms with Crippen LogP contribution in [0.25, 0.3) is 10.9 Å². The zero-order valence-electron chi connectivity index (χ0n) is 14.9. The Morgan fingerprint density at radius 3 is 2.93 bits per heavy atom. The average molecular weight is 369 g/mol. The molecule has 0 spiro atoms. The van der Waals surface area contributed by atoms with Crippen LogP contribution in [-0.2, 0) is 0 Å². The van der Waals surface area contributed by atoms with Gasteiger partial charge in [-0.25, -0.2) is 14.5 Å². The summed E-state index contributed by atoms with van der Waals surface area (Å²) in [5, 5.41) is 9.87. The largest absolute Gasteiger partial charge is 0.350 e. The van der Waals surface area contributed by atoms with Crippen molar-refractivity contribution in [2.24, 2.45) is 0 Å². The standard InChI is InChI=1S/C19H20FN5O2/c1-10-5-6-14(20)13-8-15(23-17(10)13)19(27)22-12-4-2-3-11(7-12)18-21-9-16(26)24-25-18/h5-6,8-9,11-12,23H,2-4,7H2,1H3,(H,22,27)(H,24,26)/t11-,12+/m0/s1. The minimum absolute atomic E-state index is 0.0239. The summed E-state index contributed by atoms with van der Waals surface area (Å²) in [5.41, 5.74) is 1.54. The molecule has 0 saturated heterocycles. The molecule has 1 aliphatic carbocycles. The van der Waals surface area contributed by atoms with Crippen molar-refractivity contribution in [1.82, 2.24) is 25.5 Å². The second kappa shape index (κ2) is 6.94. The number of amides is 1. The van der Waals surface area contributed by atoms with Crippen molar-refractivity contribution in [2.75, 3.05) is 0 Å². The van der Waals surface area contributed by atoms with Crippen LogP contribution in [0, 0.1) is 12.7 Å². The molecule has 27 heavy (non-hydrogen) atoms. The molecule has 140 valence electrons. The van der Waals surface area contributed by atoms with E-state index in [0.717, 1.165) is 24.8 Å². The number of H-pyrrole nitrogens is 2. The van der Waals surface area contributed by atoms with Crippen LogP contribution >= 0.6 is 0 Å². The van der Waals surface area contributed by atoms with Gasteiger partial charge in [0, 0.05) is 17.3 Å². The summed E-state index contributed by atoms with van der Waals surface area (Å²) < 4.78 is 14.0. The quantitative estimate of drug-likeness (QED) is 0.660. The molecule has 3 aromatic rings. The Morgan fingerprint density at radius 2 is 2.19 bits per heavy atom. The molecule has 2 aromatic heterocycles. The predicted octanol–water partition coefficient (Wildman–Crippen LogP) is 2.55. The lowest BCUT2D eigenvalue weighted by atomic mass is 9.85. The third-order valence-corrected chi connectivity index (χ3v) is 5.16. The molecule has 0 radical (unpaired) electrons. The Balaban J connectivity index is 1.49. The van der Waals surface area contributed by atoms with E-state index in [1.165, 1.54) is 12.3 Å². The van der Waals surface area contributed by atoms with Crippen LogP contribution in [0.4, 0.5) is 4.39 Å². The maximum atomic E-state index is 14.0. The van der Waals surface area contributed by atoms with Crippen molar-refractivity contribution in [3.63, 3.8) is 0 Å². The summed E-state index contributed by atoms with van der Waals surface area (Å²) in [6, 6.07) is 4.62. The Bertz CT molecular complexity index is 998. The maximum Gasteiger partial charge on any atom is 0.282 e. The molecule has 2 atom stereocenters. The molecule has 1 fully saturated rings. The lowest BCUT2D eigenvalue weighted by Gasteiger charge is -2.28. The fraction of sp³-hybridized carbons (Fsp3) is 0.368. The Kier molecular flexibility index (Phi) is 4.47. The van der Waals surface area contributed by atoms with Crippen molar-refractivity contribution < 1.29 is 9.18 Å². The number of halogens is 1. The second-order valence-corrected chi connectivity index (χ2v) is 7.07. The van der Waals surface area contributed by atoms with Gasteiger partial charge in [-0.05, 0) is 43.9 Å². The number of aromatic nitrogens is 4. The first-order valence-electron chi connectivity index (χ1n) is 9.01. The van der Waals surface area contributed by atoms with Gasteiger partial charge in [0.1, 0.15) is 11.5 Å². The number of benzene rings is 1. The highest BCUT2D eigenvalue weighted by Gasteiger charge is 2.27. The highest BCUT2D eigenvalue weighted by atomic mass is 19.1. The van der Waals surface area contributed by atoms with Gasteiger partial charge in [0.15, 0.2) is 5.82 Å². The van der Waals surface area contributed by atoms with Gasteiger partial charge < -0.3 is 10.3 Å². The number of nitrogens with one attached hydrogen (secondary N) is 3. The third kappa shape index (κ3) is 3.47. The number of aromatic amines is 2. The van der Waals surface area contributed by atoms with Gasteiger partial charge in [0.25, 0.3) is 11.5 Å². The number of carbonyl (C=O) groups is 1. The monoisotopic (exact) mass is 369 g/mol. The zero-order chi connectivity index (χ0) is 19.0. The van der Waals surface area contributed by atoms with Crippen LogP contribution in [0.1, 0.15) is 53.5 Å². The molecule has 7 nitrogen and oxygen atoms in total. The van der Waals surface area contributed by atoms with Crippen molar-refractivity contribution in [2.45, 2.75) is 44.6 Å². The molecule has 1 amide bonds. The van der Waals surface area contributed by atoms with Crippen LogP contribution in [0.2, 0.25) is 0 Å². The third-order valence-electron chi connectivity index (χ3n) is 5.16. The van der Waals surface area contributed by atoms with Crippen LogP contribution in [0.15, 0.2) is 29.2 Å². The molecule has 2 heterocycles. The van der Waals surface area contributed by atoms with Crippen LogP contribution in [0.3, 0.4) is 0 Å². The summed E-state index contributed by atoms with van der Waals surface area (Å²) in [5.74, 6) is 0.0806. The predicted molar refractivity (Wildman–Crippen MR) is 98.1 cm³/mol. The highest BCUT2D eigenvalue weighted by Crippen LogP contribution is 2.31. The van der Waals surface area contributed by atoms with Gasteiger partial charge >= 0.3 is 0 Å². The normalized spacial score (nSPS) is 19.9. The van der Waals surface area contributed by atoms with E-state index in [2.05, 4.69) is 25.5 Å². The van der Waals surface area contributed by atoms with Gasteiger partial charge in [-0.2, -0.15) is 5.10 Å². The summed E-state index contributed by atoms with van der Waals surface area (Å²) in [7, 11) is 0. The molecule has 1 aromatic carbocycles. The van der Waals surface area contributed by atoms with E-state index in [1.807, 2.05) is 6.92 Å². The van der Waals surface area contributed by atoms with Crippen LogP contribution in [0.5, 0.6) is 0 Å². The minimum Gasteiger partial charge on any atom is -0.350 e. The first-order valence-corrected chi connectivity index (χ1v) is 9.01. The number of hydrogen-bond acceptors (Lipinski definition) is 4. The highest BCUT2D eigenvalue weighted by molar-refractivity contribution is 5.99. The van der Waals surface area contributed by atoms with E-state index < -0.39 is 0 Å². The fourth-order valence-electron chi connectivity index (χ4n) is 3.76. The fourth-order valence-corrected chi connectivity index (χ4v) is 3.76. The van der Waals surface area contributed by atoms with Crippen molar-refractivity contribution in [1.29, 1.82) is 0 Å². The van der Waals surface area contributed by atoms with E-state index in [9.17, 15) is 14.0 Å². The van der Waals surface area contributed by atoms with Crippen molar-refractivity contribution >= 4 is 16.8 Å². The minimum atomic E-state index is -0.348. The van der Waals surface area contributed by atoms with Gasteiger partial charge in [0.05, 0.1) is 11.7 Å². The first kappa shape index (κ1) is 17.4. The summed E-state index contributed by atoms with van der Waals surface area (Å²) in [6.07, 6.45) is 4.63. The molecule has 1 aliphatic rings.